The highest BCUT2D eigenvalue weighted by atomic mass is 16.6. The summed E-state index contributed by atoms with van der Waals surface area (Å²) in [6, 6.07) is 14.2. The third-order valence-corrected chi connectivity index (χ3v) is 2.57. The number of amides is 1. The van der Waals surface area contributed by atoms with E-state index >= 15 is 0 Å². The Morgan fingerprint density at radius 2 is 1.83 bits per heavy atom. The predicted octanol–water partition coefficient (Wildman–Crippen LogP) is 3.19. The molecular weight excluding hydrogens is 228 g/mol. The third-order valence-electron chi connectivity index (χ3n) is 2.57. The first-order valence-electron chi connectivity index (χ1n) is 5.56. The minimum atomic E-state index is -0.532. The van der Waals surface area contributed by atoms with Gasteiger partial charge in [0.1, 0.15) is 5.75 Å². The standard InChI is InChI=1S/C14H14N2O2/c1-10-12(15)8-5-9-13(10)16-14(17)18-11-6-3-2-4-7-11/h2-9H,15H2,1H3,(H,16,17). The molecule has 0 fully saturated rings. The molecular formula is C14H14N2O2. The number of carbonyl (C=O) groups excluding carboxylic acids is 1. The van der Waals surface area contributed by atoms with Gasteiger partial charge in [-0.3, -0.25) is 5.32 Å². The highest BCUT2D eigenvalue weighted by molar-refractivity contribution is 5.88. The van der Waals surface area contributed by atoms with Gasteiger partial charge >= 0.3 is 6.09 Å². The normalized spacial score (nSPS) is 9.83. The lowest BCUT2D eigenvalue weighted by Gasteiger charge is -2.10. The van der Waals surface area contributed by atoms with Gasteiger partial charge in [-0.05, 0) is 36.8 Å². The van der Waals surface area contributed by atoms with E-state index in [1.54, 1.807) is 42.5 Å². The smallest absolute Gasteiger partial charge is 0.410 e. The molecule has 0 saturated heterocycles. The largest absolute Gasteiger partial charge is 0.417 e. The Balaban J connectivity index is 2.06. The fourth-order valence-electron chi connectivity index (χ4n) is 1.52. The molecule has 92 valence electrons. The molecule has 0 bridgehead atoms. The van der Waals surface area contributed by atoms with Gasteiger partial charge in [-0.2, -0.15) is 0 Å². The maximum atomic E-state index is 11.7. The van der Waals surface area contributed by atoms with Gasteiger partial charge < -0.3 is 10.5 Å². The zero-order valence-electron chi connectivity index (χ0n) is 10.0. The zero-order chi connectivity index (χ0) is 13.0. The molecule has 4 heteroatoms. The summed E-state index contributed by atoms with van der Waals surface area (Å²) in [6.45, 7) is 1.84. The predicted molar refractivity (Wildman–Crippen MR) is 71.7 cm³/mol. The number of carbonyl (C=O) groups is 1. The lowest BCUT2D eigenvalue weighted by molar-refractivity contribution is 0.215. The Labute approximate surface area is 105 Å². The maximum Gasteiger partial charge on any atom is 0.417 e. The van der Waals surface area contributed by atoms with Gasteiger partial charge in [0.15, 0.2) is 0 Å². The highest BCUT2D eigenvalue weighted by Crippen LogP contribution is 2.20. The van der Waals surface area contributed by atoms with Gasteiger partial charge in [0, 0.05) is 11.4 Å². The molecule has 18 heavy (non-hydrogen) atoms. The number of ether oxygens (including phenoxy) is 1. The van der Waals surface area contributed by atoms with E-state index in [4.69, 9.17) is 10.5 Å². The summed E-state index contributed by atoms with van der Waals surface area (Å²) >= 11 is 0. The second kappa shape index (κ2) is 5.23. The first kappa shape index (κ1) is 12.0. The summed E-state index contributed by atoms with van der Waals surface area (Å²) in [5.41, 5.74) is 7.86. The van der Waals surface area contributed by atoms with E-state index in [9.17, 15) is 4.79 Å². The van der Waals surface area contributed by atoms with E-state index in [0.29, 0.717) is 17.1 Å². The average molecular weight is 242 g/mol. The van der Waals surface area contributed by atoms with Gasteiger partial charge in [-0.15, -0.1) is 0 Å². The molecule has 3 N–H and O–H groups in total. The number of para-hydroxylation sites is 1. The van der Waals surface area contributed by atoms with E-state index in [-0.39, 0.29) is 0 Å². The van der Waals surface area contributed by atoms with Crippen molar-refractivity contribution in [3.8, 4) is 5.75 Å². The van der Waals surface area contributed by atoms with Crippen molar-refractivity contribution in [1.82, 2.24) is 0 Å². The Bertz CT molecular complexity index is 553. The average Bonchev–Trinajstić information content (AvgIpc) is 2.36. The van der Waals surface area contributed by atoms with Crippen molar-refractivity contribution in [2.75, 3.05) is 11.1 Å². The quantitative estimate of drug-likeness (QED) is 0.795. The van der Waals surface area contributed by atoms with E-state index in [1.165, 1.54) is 0 Å². The minimum absolute atomic E-state index is 0.497. The van der Waals surface area contributed by atoms with Crippen LogP contribution >= 0.6 is 0 Å². The molecule has 0 aliphatic heterocycles. The molecule has 0 radical (unpaired) electrons. The second-order valence-corrected chi connectivity index (χ2v) is 3.85. The molecule has 2 rings (SSSR count). The monoisotopic (exact) mass is 242 g/mol. The number of nitrogens with two attached hydrogens (primary N) is 1. The molecule has 0 aliphatic rings. The second-order valence-electron chi connectivity index (χ2n) is 3.85. The van der Waals surface area contributed by atoms with Gasteiger partial charge in [0.05, 0.1) is 0 Å². The number of rotatable bonds is 2. The van der Waals surface area contributed by atoms with Gasteiger partial charge in [-0.1, -0.05) is 24.3 Å². The molecule has 4 nitrogen and oxygen atoms in total. The summed E-state index contributed by atoms with van der Waals surface area (Å²) in [6.07, 6.45) is -0.532. The van der Waals surface area contributed by atoms with Crippen LogP contribution in [-0.2, 0) is 0 Å². The van der Waals surface area contributed by atoms with Gasteiger partial charge in [0.2, 0.25) is 0 Å². The SMILES string of the molecule is Cc1c(N)cccc1NC(=O)Oc1ccccc1. The number of nitrogens with one attached hydrogen (secondary N) is 1. The first-order chi connectivity index (χ1) is 8.66. The molecule has 0 aromatic heterocycles. The summed E-state index contributed by atoms with van der Waals surface area (Å²) in [7, 11) is 0. The molecule has 0 spiro atoms. The van der Waals surface area contributed by atoms with Crippen LogP contribution in [0.5, 0.6) is 5.75 Å². The summed E-state index contributed by atoms with van der Waals surface area (Å²) in [5.74, 6) is 0.497. The lowest BCUT2D eigenvalue weighted by atomic mass is 10.1. The van der Waals surface area contributed by atoms with Crippen LogP contribution in [0.3, 0.4) is 0 Å². The van der Waals surface area contributed by atoms with Crippen LogP contribution in [0.15, 0.2) is 48.5 Å². The van der Waals surface area contributed by atoms with E-state index < -0.39 is 6.09 Å². The van der Waals surface area contributed by atoms with Crippen LogP contribution in [0.1, 0.15) is 5.56 Å². The van der Waals surface area contributed by atoms with Crippen LogP contribution in [0.4, 0.5) is 16.2 Å². The number of nitrogen functional groups attached to an aromatic ring is 1. The molecule has 2 aromatic carbocycles. The topological polar surface area (TPSA) is 64.3 Å². The molecule has 0 atom stereocenters. The molecule has 1 amide bonds. The summed E-state index contributed by atoms with van der Waals surface area (Å²) in [4.78, 5) is 11.7. The zero-order valence-corrected chi connectivity index (χ0v) is 10.0. The lowest BCUT2D eigenvalue weighted by Crippen LogP contribution is -2.17. The van der Waals surface area contributed by atoms with Crippen molar-refractivity contribution in [1.29, 1.82) is 0 Å². The van der Waals surface area contributed by atoms with Crippen molar-refractivity contribution in [3.63, 3.8) is 0 Å². The van der Waals surface area contributed by atoms with Crippen LogP contribution in [0.25, 0.3) is 0 Å². The van der Waals surface area contributed by atoms with Gasteiger partial charge in [-0.25, -0.2) is 4.79 Å². The van der Waals surface area contributed by atoms with Crippen molar-refractivity contribution < 1.29 is 9.53 Å². The van der Waals surface area contributed by atoms with Crippen LogP contribution < -0.4 is 15.8 Å². The summed E-state index contributed by atoms with van der Waals surface area (Å²) in [5, 5.41) is 2.66. The highest BCUT2D eigenvalue weighted by Gasteiger charge is 2.07. The fourth-order valence-corrected chi connectivity index (χ4v) is 1.52. The molecule has 0 heterocycles. The van der Waals surface area contributed by atoms with E-state index in [0.717, 1.165) is 5.56 Å². The molecule has 2 aromatic rings. The minimum Gasteiger partial charge on any atom is -0.410 e. The van der Waals surface area contributed by atoms with Crippen molar-refractivity contribution in [2.24, 2.45) is 0 Å². The Morgan fingerprint density at radius 1 is 1.11 bits per heavy atom. The number of hydrogen-bond acceptors (Lipinski definition) is 3. The number of anilines is 2. The van der Waals surface area contributed by atoms with Crippen LogP contribution in [-0.4, -0.2) is 6.09 Å². The van der Waals surface area contributed by atoms with Crippen molar-refractivity contribution >= 4 is 17.5 Å². The number of hydrogen-bond donors (Lipinski definition) is 2. The molecule has 0 aliphatic carbocycles. The van der Waals surface area contributed by atoms with Gasteiger partial charge in [0.25, 0.3) is 0 Å². The van der Waals surface area contributed by atoms with E-state index in [2.05, 4.69) is 5.32 Å². The first-order valence-corrected chi connectivity index (χ1v) is 5.56. The van der Waals surface area contributed by atoms with Crippen molar-refractivity contribution in [3.05, 3.63) is 54.1 Å². The van der Waals surface area contributed by atoms with Crippen molar-refractivity contribution in [2.45, 2.75) is 6.92 Å². The Hall–Kier alpha value is -2.49. The van der Waals surface area contributed by atoms with E-state index in [1.807, 2.05) is 13.0 Å². The molecule has 0 saturated carbocycles. The van der Waals surface area contributed by atoms with Crippen LogP contribution in [0.2, 0.25) is 0 Å². The fraction of sp³-hybridized carbons (Fsp3) is 0.0714. The molecule has 0 unspecified atom stereocenters. The maximum absolute atomic E-state index is 11.7. The Morgan fingerprint density at radius 3 is 2.56 bits per heavy atom. The number of benzene rings is 2. The third kappa shape index (κ3) is 2.79. The Kier molecular flexibility index (Phi) is 3.48. The summed E-state index contributed by atoms with van der Waals surface area (Å²) < 4.78 is 5.12. The van der Waals surface area contributed by atoms with Crippen LogP contribution in [0, 0.1) is 6.92 Å².